The van der Waals surface area contributed by atoms with Crippen molar-refractivity contribution in [3.63, 3.8) is 0 Å². The van der Waals surface area contributed by atoms with Gasteiger partial charge in [0.25, 0.3) is 6.71 Å². The van der Waals surface area contributed by atoms with Crippen molar-refractivity contribution in [1.29, 1.82) is 0 Å². The molecule has 2 aliphatic rings. The van der Waals surface area contributed by atoms with Gasteiger partial charge in [-0.2, -0.15) is 0 Å². The third-order valence-corrected chi connectivity index (χ3v) is 10.5. The molecule has 6 aromatic carbocycles. The number of fused-ring (bicyclic) bond motifs is 7. The lowest BCUT2D eigenvalue weighted by atomic mass is 9.34. The number of hydrogen-bond acceptors (Lipinski definition) is 4. The zero-order valence-electron chi connectivity index (χ0n) is 27.9. The fourth-order valence-electron chi connectivity index (χ4n) is 8.11. The maximum atomic E-state index is 6.86. The Labute approximate surface area is 300 Å². The van der Waals surface area contributed by atoms with Gasteiger partial charge in [0.05, 0.1) is 11.0 Å². The second kappa shape index (κ2) is 11.3. The molecule has 0 bridgehead atoms. The van der Waals surface area contributed by atoms with Crippen molar-refractivity contribution in [3.05, 3.63) is 170 Å². The van der Waals surface area contributed by atoms with Crippen LogP contribution in [0.25, 0.3) is 60.9 Å². The van der Waals surface area contributed by atoms with Crippen LogP contribution in [0.4, 0.5) is 0 Å². The molecule has 0 saturated heterocycles. The van der Waals surface area contributed by atoms with Gasteiger partial charge >= 0.3 is 0 Å². The Hall–Kier alpha value is -6.92. The zero-order chi connectivity index (χ0) is 34.2. The van der Waals surface area contributed by atoms with Gasteiger partial charge in [0, 0.05) is 57.8 Å². The minimum absolute atomic E-state index is 0.0543. The van der Waals surface area contributed by atoms with Gasteiger partial charge in [-0.1, -0.05) is 84.9 Å². The van der Waals surface area contributed by atoms with Crippen molar-refractivity contribution < 1.29 is 9.47 Å². The SMILES string of the molecule is c1cncc(-c2ccc3c(c2)Oc2cc(-c4cccc(-n5c6ccccc6c6ccccc65)c4)cc4c2B3c2ccc(-c3cccnc3)cc2O4)c1. The Morgan fingerprint density at radius 2 is 0.942 bits per heavy atom. The fourth-order valence-corrected chi connectivity index (χ4v) is 8.11. The largest absolute Gasteiger partial charge is 0.458 e. The Balaban J connectivity index is 1.09. The van der Waals surface area contributed by atoms with Crippen LogP contribution in [0.3, 0.4) is 0 Å². The predicted octanol–water partition coefficient (Wildman–Crippen LogP) is 9.30. The highest BCUT2D eigenvalue weighted by atomic mass is 16.5. The van der Waals surface area contributed by atoms with Gasteiger partial charge in [-0.25, -0.2) is 0 Å². The van der Waals surface area contributed by atoms with E-state index >= 15 is 0 Å². The van der Waals surface area contributed by atoms with Crippen molar-refractivity contribution in [2.45, 2.75) is 0 Å². The van der Waals surface area contributed by atoms with E-state index in [0.29, 0.717) is 0 Å². The molecule has 0 aliphatic carbocycles. The van der Waals surface area contributed by atoms with Gasteiger partial charge in [0.15, 0.2) is 0 Å². The summed E-state index contributed by atoms with van der Waals surface area (Å²) in [5.74, 6) is 3.28. The molecule has 11 rings (SSSR count). The smallest absolute Gasteiger partial charge is 0.260 e. The van der Waals surface area contributed by atoms with Crippen LogP contribution in [0.15, 0.2) is 170 Å². The third-order valence-electron chi connectivity index (χ3n) is 10.5. The molecule has 0 fully saturated rings. The molecule has 5 nitrogen and oxygen atoms in total. The molecule has 0 saturated carbocycles. The Kier molecular flexibility index (Phi) is 6.28. The average molecular weight is 666 g/mol. The van der Waals surface area contributed by atoms with Crippen LogP contribution >= 0.6 is 0 Å². The predicted molar refractivity (Wildman–Crippen MR) is 210 cm³/mol. The lowest BCUT2D eigenvalue weighted by Gasteiger charge is -2.34. The summed E-state index contributed by atoms with van der Waals surface area (Å²) in [7, 11) is 0. The second-order valence-electron chi connectivity index (χ2n) is 13.4. The van der Waals surface area contributed by atoms with Crippen LogP contribution in [0.2, 0.25) is 0 Å². The molecule has 2 aliphatic heterocycles. The molecule has 52 heavy (non-hydrogen) atoms. The van der Waals surface area contributed by atoms with E-state index in [-0.39, 0.29) is 6.71 Å². The minimum Gasteiger partial charge on any atom is -0.458 e. The fraction of sp³-hybridized carbons (Fsp3) is 0. The minimum atomic E-state index is -0.0543. The first-order chi connectivity index (χ1) is 25.8. The molecular weight excluding hydrogens is 637 g/mol. The molecule has 0 unspecified atom stereocenters. The first-order valence-corrected chi connectivity index (χ1v) is 17.5. The van der Waals surface area contributed by atoms with Crippen molar-refractivity contribution >= 4 is 44.9 Å². The summed E-state index contributed by atoms with van der Waals surface area (Å²) in [6.45, 7) is -0.0543. The molecule has 0 atom stereocenters. The Morgan fingerprint density at radius 1 is 0.423 bits per heavy atom. The molecule has 0 N–H and O–H groups in total. The number of hydrogen-bond donors (Lipinski definition) is 0. The first kappa shape index (κ1) is 28.9. The van der Waals surface area contributed by atoms with Crippen LogP contribution in [0.1, 0.15) is 0 Å². The molecule has 0 spiro atoms. The number of nitrogens with zero attached hydrogens (tertiary/aromatic N) is 3. The highest BCUT2D eigenvalue weighted by Crippen LogP contribution is 2.41. The summed E-state index contributed by atoms with van der Waals surface area (Å²) in [6.07, 6.45) is 7.38. The lowest BCUT2D eigenvalue weighted by molar-refractivity contribution is 0.465. The number of aromatic nitrogens is 3. The van der Waals surface area contributed by atoms with Crippen molar-refractivity contribution in [2.24, 2.45) is 0 Å². The van der Waals surface area contributed by atoms with E-state index < -0.39 is 0 Å². The normalized spacial score (nSPS) is 12.5. The van der Waals surface area contributed by atoms with Gasteiger partial charge in [-0.3, -0.25) is 9.97 Å². The quantitative estimate of drug-likeness (QED) is 0.176. The summed E-state index contributed by atoms with van der Waals surface area (Å²) in [6, 6.07) is 51.4. The lowest BCUT2D eigenvalue weighted by Crippen LogP contribution is -2.57. The van der Waals surface area contributed by atoms with Gasteiger partial charge in [0.1, 0.15) is 23.0 Å². The monoisotopic (exact) mass is 665 g/mol. The zero-order valence-corrected chi connectivity index (χ0v) is 27.9. The molecule has 242 valence electrons. The van der Waals surface area contributed by atoms with Crippen LogP contribution < -0.4 is 25.9 Å². The molecule has 9 aromatic rings. The topological polar surface area (TPSA) is 49.2 Å². The number of para-hydroxylation sites is 2. The van der Waals surface area contributed by atoms with E-state index in [0.717, 1.165) is 78.5 Å². The summed E-state index contributed by atoms with van der Waals surface area (Å²) >= 11 is 0. The number of ether oxygens (including phenoxy) is 2. The standard InChI is InChI=1S/C46H28BN3O2/c1-3-14-40-36(12-1)37-13-2-4-15-41(37)50(40)35-11-5-8-29(22-35)34-25-44-46-45(26-34)52-43-24-31(33-10-7-21-49-28-33)17-19-39(43)47(46)38-18-16-30(23-42(38)51-44)32-9-6-20-48-27-32/h1-28H. The number of benzene rings is 6. The third kappa shape index (κ3) is 4.44. The van der Waals surface area contributed by atoms with Crippen molar-refractivity contribution in [2.75, 3.05) is 0 Å². The van der Waals surface area contributed by atoms with Crippen LogP contribution in [0.5, 0.6) is 23.0 Å². The van der Waals surface area contributed by atoms with Crippen LogP contribution in [-0.4, -0.2) is 21.2 Å². The van der Waals surface area contributed by atoms with Crippen LogP contribution in [-0.2, 0) is 0 Å². The molecule has 0 amide bonds. The van der Waals surface area contributed by atoms with E-state index in [1.165, 1.54) is 21.8 Å². The second-order valence-corrected chi connectivity index (χ2v) is 13.4. The summed E-state index contributed by atoms with van der Waals surface area (Å²) in [5, 5.41) is 2.48. The molecular formula is C46H28BN3O2. The van der Waals surface area contributed by atoms with E-state index in [2.05, 4.69) is 148 Å². The van der Waals surface area contributed by atoms with Crippen molar-refractivity contribution in [1.82, 2.24) is 14.5 Å². The van der Waals surface area contributed by atoms with E-state index in [9.17, 15) is 0 Å². The van der Waals surface area contributed by atoms with E-state index in [1.807, 2.05) is 24.5 Å². The first-order valence-electron chi connectivity index (χ1n) is 17.5. The molecule has 0 radical (unpaired) electrons. The molecule has 3 aromatic heterocycles. The Morgan fingerprint density at radius 3 is 1.50 bits per heavy atom. The number of rotatable bonds is 4. The molecule has 6 heteroatoms. The molecule has 5 heterocycles. The van der Waals surface area contributed by atoms with E-state index in [4.69, 9.17) is 9.47 Å². The highest BCUT2D eigenvalue weighted by molar-refractivity contribution is 6.98. The number of pyridine rings is 2. The van der Waals surface area contributed by atoms with Gasteiger partial charge < -0.3 is 14.0 Å². The maximum absolute atomic E-state index is 6.86. The van der Waals surface area contributed by atoms with Crippen LogP contribution in [0, 0.1) is 0 Å². The van der Waals surface area contributed by atoms with Gasteiger partial charge in [0.2, 0.25) is 0 Å². The summed E-state index contributed by atoms with van der Waals surface area (Å²) in [4.78, 5) is 8.73. The van der Waals surface area contributed by atoms with Crippen molar-refractivity contribution in [3.8, 4) is 62.1 Å². The summed E-state index contributed by atoms with van der Waals surface area (Å²) < 4.78 is 16.1. The Bertz CT molecular complexity index is 2700. The maximum Gasteiger partial charge on any atom is 0.260 e. The van der Waals surface area contributed by atoms with E-state index in [1.54, 1.807) is 12.4 Å². The average Bonchev–Trinajstić information content (AvgIpc) is 3.55. The van der Waals surface area contributed by atoms with Gasteiger partial charge in [-0.15, -0.1) is 0 Å². The summed E-state index contributed by atoms with van der Waals surface area (Å²) in [5.41, 5.74) is 13.0. The highest BCUT2D eigenvalue weighted by Gasteiger charge is 2.40. The van der Waals surface area contributed by atoms with Gasteiger partial charge in [-0.05, 0) is 93.8 Å².